The van der Waals surface area contributed by atoms with Gasteiger partial charge in [-0.1, -0.05) is 18.2 Å². The molecule has 108 valence electrons. The average molecular weight is 276 g/mol. The molecule has 1 aromatic rings. The molecule has 1 aliphatic carbocycles. The van der Waals surface area contributed by atoms with Crippen molar-refractivity contribution in [1.29, 1.82) is 0 Å². The van der Waals surface area contributed by atoms with Crippen molar-refractivity contribution in [1.82, 2.24) is 0 Å². The zero-order valence-corrected chi connectivity index (χ0v) is 12.1. The lowest BCUT2D eigenvalue weighted by Gasteiger charge is -2.26. The van der Waals surface area contributed by atoms with E-state index in [-0.39, 0.29) is 17.8 Å². The Kier molecular flexibility index (Phi) is 4.66. The predicted octanol–water partition coefficient (Wildman–Crippen LogP) is 2.93. The van der Waals surface area contributed by atoms with E-state index >= 15 is 0 Å². The molecular formula is C16H20O4. The molecule has 0 heterocycles. The van der Waals surface area contributed by atoms with E-state index in [9.17, 15) is 4.79 Å². The molecule has 4 heteroatoms. The summed E-state index contributed by atoms with van der Waals surface area (Å²) in [6.07, 6.45) is 5.90. The second-order valence-electron chi connectivity index (χ2n) is 4.78. The molecule has 4 nitrogen and oxygen atoms in total. The Morgan fingerprint density at radius 1 is 1.15 bits per heavy atom. The minimum atomic E-state index is -0.158. The van der Waals surface area contributed by atoms with Crippen LogP contribution in [0.3, 0.4) is 0 Å². The van der Waals surface area contributed by atoms with Crippen LogP contribution in [-0.4, -0.2) is 27.3 Å². The van der Waals surface area contributed by atoms with Gasteiger partial charge in [0.15, 0.2) is 11.5 Å². The number of carbonyl (C=O) groups is 1. The lowest BCUT2D eigenvalue weighted by molar-refractivity contribution is -0.146. The van der Waals surface area contributed by atoms with Crippen molar-refractivity contribution in [2.24, 2.45) is 5.92 Å². The number of allylic oxidation sites excluding steroid dienone is 2. The molecule has 0 N–H and O–H groups in total. The molecule has 0 saturated carbocycles. The predicted molar refractivity (Wildman–Crippen MR) is 76.2 cm³/mol. The first-order valence-electron chi connectivity index (χ1n) is 6.67. The second kappa shape index (κ2) is 6.46. The monoisotopic (exact) mass is 276 g/mol. The highest BCUT2D eigenvalue weighted by Gasteiger charge is 2.30. The van der Waals surface area contributed by atoms with Crippen LogP contribution in [0.5, 0.6) is 11.5 Å². The fourth-order valence-electron chi connectivity index (χ4n) is 2.65. The number of rotatable bonds is 4. The molecule has 2 atom stereocenters. The number of esters is 1. The smallest absolute Gasteiger partial charge is 0.309 e. The summed E-state index contributed by atoms with van der Waals surface area (Å²) in [4.78, 5) is 11.9. The standard InChI is InChI=1S/C16H20O4/c1-18-14-9-8-11(10-15(14)19-2)12-6-4-5-7-13(12)16(17)20-3/h4,6,8-10,12-13H,5,7H2,1-3H3. The normalized spacial score (nSPS) is 21.4. The topological polar surface area (TPSA) is 44.8 Å². The van der Waals surface area contributed by atoms with Crippen LogP contribution in [0.15, 0.2) is 30.4 Å². The van der Waals surface area contributed by atoms with Crippen LogP contribution < -0.4 is 9.47 Å². The minimum Gasteiger partial charge on any atom is -0.493 e. The van der Waals surface area contributed by atoms with Gasteiger partial charge in [-0.2, -0.15) is 0 Å². The molecule has 0 bridgehead atoms. The summed E-state index contributed by atoms with van der Waals surface area (Å²) in [5, 5.41) is 0. The Labute approximate surface area is 119 Å². The van der Waals surface area contributed by atoms with E-state index in [1.807, 2.05) is 18.2 Å². The average Bonchev–Trinajstić information content (AvgIpc) is 2.53. The van der Waals surface area contributed by atoms with E-state index in [1.54, 1.807) is 14.2 Å². The summed E-state index contributed by atoms with van der Waals surface area (Å²) < 4.78 is 15.5. The number of hydrogen-bond donors (Lipinski definition) is 0. The van der Waals surface area contributed by atoms with Gasteiger partial charge >= 0.3 is 5.97 Å². The fourth-order valence-corrected chi connectivity index (χ4v) is 2.65. The first-order valence-corrected chi connectivity index (χ1v) is 6.67. The summed E-state index contributed by atoms with van der Waals surface area (Å²) in [5.74, 6) is 1.09. The van der Waals surface area contributed by atoms with Crippen molar-refractivity contribution in [3.63, 3.8) is 0 Å². The number of hydrogen-bond acceptors (Lipinski definition) is 4. The second-order valence-corrected chi connectivity index (χ2v) is 4.78. The third-order valence-corrected chi connectivity index (χ3v) is 3.72. The van der Waals surface area contributed by atoms with Crippen LogP contribution in [0.4, 0.5) is 0 Å². The lowest BCUT2D eigenvalue weighted by atomic mass is 9.79. The largest absolute Gasteiger partial charge is 0.493 e. The van der Waals surface area contributed by atoms with Gasteiger partial charge in [0.25, 0.3) is 0 Å². The quantitative estimate of drug-likeness (QED) is 0.626. The van der Waals surface area contributed by atoms with Gasteiger partial charge in [-0.25, -0.2) is 0 Å². The van der Waals surface area contributed by atoms with Crippen molar-refractivity contribution in [2.75, 3.05) is 21.3 Å². The summed E-state index contributed by atoms with van der Waals surface area (Å²) >= 11 is 0. The summed E-state index contributed by atoms with van der Waals surface area (Å²) in [7, 11) is 4.65. The molecule has 2 unspecified atom stereocenters. The molecule has 0 fully saturated rings. The van der Waals surface area contributed by atoms with Gasteiger partial charge in [-0.3, -0.25) is 4.79 Å². The third-order valence-electron chi connectivity index (χ3n) is 3.72. The summed E-state index contributed by atoms with van der Waals surface area (Å²) in [6, 6.07) is 5.76. The van der Waals surface area contributed by atoms with E-state index < -0.39 is 0 Å². The molecule has 0 saturated heterocycles. The molecule has 0 radical (unpaired) electrons. The zero-order valence-electron chi connectivity index (χ0n) is 12.1. The van der Waals surface area contributed by atoms with Gasteiger partial charge in [-0.05, 0) is 30.5 Å². The van der Waals surface area contributed by atoms with Crippen molar-refractivity contribution in [2.45, 2.75) is 18.8 Å². The van der Waals surface area contributed by atoms with E-state index in [1.165, 1.54) is 7.11 Å². The first kappa shape index (κ1) is 14.4. The Morgan fingerprint density at radius 3 is 2.55 bits per heavy atom. The van der Waals surface area contributed by atoms with Crippen LogP contribution in [0.1, 0.15) is 24.3 Å². The number of carbonyl (C=O) groups excluding carboxylic acids is 1. The highest BCUT2D eigenvalue weighted by atomic mass is 16.5. The van der Waals surface area contributed by atoms with Gasteiger partial charge in [0, 0.05) is 5.92 Å². The highest BCUT2D eigenvalue weighted by molar-refractivity contribution is 5.74. The van der Waals surface area contributed by atoms with Crippen LogP contribution in [0, 0.1) is 5.92 Å². The maximum Gasteiger partial charge on any atom is 0.309 e. The van der Waals surface area contributed by atoms with Crippen molar-refractivity contribution < 1.29 is 19.0 Å². The van der Waals surface area contributed by atoms with Crippen LogP contribution >= 0.6 is 0 Å². The molecule has 1 aromatic carbocycles. The molecule has 0 aliphatic heterocycles. The molecule has 20 heavy (non-hydrogen) atoms. The van der Waals surface area contributed by atoms with Gasteiger partial charge in [0.1, 0.15) is 0 Å². The zero-order chi connectivity index (χ0) is 14.5. The van der Waals surface area contributed by atoms with E-state index in [2.05, 4.69) is 12.2 Å². The Balaban J connectivity index is 2.35. The number of ether oxygens (including phenoxy) is 3. The van der Waals surface area contributed by atoms with E-state index in [0.717, 1.165) is 18.4 Å². The number of methoxy groups -OCH3 is 3. The molecular weight excluding hydrogens is 256 g/mol. The first-order chi connectivity index (χ1) is 9.71. The van der Waals surface area contributed by atoms with Crippen molar-refractivity contribution in [3.05, 3.63) is 35.9 Å². The van der Waals surface area contributed by atoms with Crippen LogP contribution in [0.25, 0.3) is 0 Å². The van der Waals surface area contributed by atoms with Crippen molar-refractivity contribution >= 4 is 5.97 Å². The molecule has 0 spiro atoms. The van der Waals surface area contributed by atoms with E-state index in [0.29, 0.717) is 11.5 Å². The maximum absolute atomic E-state index is 11.9. The SMILES string of the molecule is COC(=O)C1CCC=CC1c1ccc(OC)c(OC)c1. The summed E-state index contributed by atoms with van der Waals surface area (Å²) in [5.41, 5.74) is 1.04. The minimum absolute atomic E-state index is 0.0241. The third kappa shape index (κ3) is 2.79. The lowest BCUT2D eigenvalue weighted by Crippen LogP contribution is -2.24. The van der Waals surface area contributed by atoms with Gasteiger partial charge < -0.3 is 14.2 Å². The van der Waals surface area contributed by atoms with Gasteiger partial charge in [0.2, 0.25) is 0 Å². The van der Waals surface area contributed by atoms with Gasteiger partial charge in [-0.15, -0.1) is 0 Å². The number of benzene rings is 1. The summed E-state index contributed by atoms with van der Waals surface area (Å²) in [6.45, 7) is 0. The molecule has 0 amide bonds. The molecule has 0 aromatic heterocycles. The van der Waals surface area contributed by atoms with Crippen LogP contribution in [0.2, 0.25) is 0 Å². The fraction of sp³-hybridized carbons (Fsp3) is 0.438. The Bertz CT molecular complexity index is 507. The van der Waals surface area contributed by atoms with E-state index in [4.69, 9.17) is 14.2 Å². The highest BCUT2D eigenvalue weighted by Crippen LogP contribution is 2.38. The molecule has 2 rings (SSSR count). The Morgan fingerprint density at radius 2 is 1.90 bits per heavy atom. The Hall–Kier alpha value is -1.97. The van der Waals surface area contributed by atoms with Crippen LogP contribution in [-0.2, 0) is 9.53 Å². The molecule has 1 aliphatic rings. The van der Waals surface area contributed by atoms with Crippen molar-refractivity contribution in [3.8, 4) is 11.5 Å². The maximum atomic E-state index is 11.9. The van der Waals surface area contributed by atoms with Gasteiger partial charge in [0.05, 0.1) is 27.2 Å².